The molecular weight excluding hydrogens is 345 g/mol. The Morgan fingerprint density at radius 2 is 2.25 bits per heavy atom. The first-order chi connectivity index (χ1) is 11.7. The molecule has 0 saturated carbocycles. The van der Waals surface area contributed by atoms with E-state index in [1.54, 1.807) is 53.2 Å². The van der Waals surface area contributed by atoms with Crippen LogP contribution in [-0.4, -0.2) is 33.8 Å². The van der Waals surface area contributed by atoms with Crippen LogP contribution in [0.1, 0.15) is 16.5 Å². The van der Waals surface area contributed by atoms with Gasteiger partial charge in [-0.05, 0) is 18.2 Å². The lowest BCUT2D eigenvalue weighted by molar-refractivity contribution is -0.128. The van der Waals surface area contributed by atoms with Crippen LogP contribution in [0.2, 0.25) is 0 Å². The molecule has 1 aliphatic rings. The van der Waals surface area contributed by atoms with Gasteiger partial charge in [0.15, 0.2) is 0 Å². The zero-order chi connectivity index (χ0) is 16.9. The van der Waals surface area contributed by atoms with Crippen molar-refractivity contribution in [2.75, 3.05) is 18.1 Å². The first kappa shape index (κ1) is 16.8. The maximum Gasteiger partial charge on any atom is 0.234 e. The number of hydrogen-bond donors (Lipinski definition) is 0. The highest BCUT2D eigenvalue weighted by Gasteiger charge is 2.32. The van der Waals surface area contributed by atoms with Gasteiger partial charge >= 0.3 is 0 Å². The third-order valence-electron chi connectivity index (χ3n) is 3.61. The molecule has 4 nitrogen and oxygen atoms in total. The molecule has 1 saturated heterocycles. The maximum absolute atomic E-state index is 14.0. The van der Waals surface area contributed by atoms with Gasteiger partial charge in [0.05, 0.1) is 11.3 Å². The summed E-state index contributed by atoms with van der Waals surface area (Å²) in [7, 11) is 0. The Hall–Kier alpha value is -2.04. The number of benzene rings is 1. The largest absolute Gasteiger partial charge is 0.325 e. The second kappa shape index (κ2) is 7.69. The average Bonchev–Trinajstić information content (AvgIpc) is 3.10. The second-order valence-corrected chi connectivity index (χ2v) is 7.24. The van der Waals surface area contributed by atoms with E-state index in [0.29, 0.717) is 22.7 Å². The van der Waals surface area contributed by atoms with Crippen molar-refractivity contribution in [3.63, 3.8) is 0 Å². The lowest BCUT2D eigenvalue weighted by Crippen LogP contribution is -2.32. The number of hydrogen-bond acceptors (Lipinski definition) is 5. The lowest BCUT2D eigenvalue weighted by Gasteiger charge is -2.24. The number of thioether (sulfide) groups is 2. The summed E-state index contributed by atoms with van der Waals surface area (Å²) in [5, 5.41) is 9.32. The number of rotatable bonds is 4. The summed E-state index contributed by atoms with van der Waals surface area (Å²) in [6.07, 6.45) is 1.60. The number of carbonyl (C=O) groups excluding carboxylic acids is 1. The van der Waals surface area contributed by atoms with Crippen molar-refractivity contribution in [2.24, 2.45) is 0 Å². The zero-order valence-corrected chi connectivity index (χ0v) is 14.3. The third-order valence-corrected chi connectivity index (χ3v) is 5.84. The normalized spacial score (nSPS) is 16.8. The minimum Gasteiger partial charge on any atom is -0.325 e. The molecule has 7 heteroatoms. The van der Waals surface area contributed by atoms with E-state index >= 15 is 0 Å². The van der Waals surface area contributed by atoms with Crippen molar-refractivity contribution in [3.8, 4) is 6.07 Å². The molecule has 0 spiro atoms. The number of nitrogens with zero attached hydrogens (tertiary/aromatic N) is 3. The van der Waals surface area contributed by atoms with Crippen molar-refractivity contribution in [2.45, 2.75) is 10.4 Å². The van der Waals surface area contributed by atoms with Crippen LogP contribution in [0.5, 0.6) is 0 Å². The molecule has 24 heavy (non-hydrogen) atoms. The Morgan fingerprint density at radius 3 is 3.04 bits per heavy atom. The molecule has 1 fully saturated rings. The molecule has 0 unspecified atom stereocenters. The van der Waals surface area contributed by atoms with E-state index in [0.717, 1.165) is 5.75 Å². The lowest BCUT2D eigenvalue weighted by atomic mass is 10.2. The highest BCUT2D eigenvalue weighted by atomic mass is 32.2. The summed E-state index contributed by atoms with van der Waals surface area (Å²) in [6, 6.07) is 12.0. The Balaban J connectivity index is 1.70. The summed E-state index contributed by atoms with van der Waals surface area (Å²) >= 11 is 2.80. The molecule has 122 valence electrons. The summed E-state index contributed by atoms with van der Waals surface area (Å²) in [4.78, 5) is 18.4. The van der Waals surface area contributed by atoms with E-state index in [1.807, 2.05) is 0 Å². The highest BCUT2D eigenvalue weighted by Crippen LogP contribution is 2.39. The second-order valence-electron chi connectivity index (χ2n) is 5.09. The number of amides is 1. The van der Waals surface area contributed by atoms with E-state index in [4.69, 9.17) is 5.26 Å². The minimum absolute atomic E-state index is 0.0761. The van der Waals surface area contributed by atoms with Crippen LogP contribution in [0.3, 0.4) is 0 Å². The highest BCUT2D eigenvalue weighted by molar-refractivity contribution is 8.00. The van der Waals surface area contributed by atoms with Gasteiger partial charge in [-0.2, -0.15) is 5.26 Å². The quantitative estimate of drug-likeness (QED) is 0.783. The van der Waals surface area contributed by atoms with Gasteiger partial charge in [0.1, 0.15) is 22.3 Å². The van der Waals surface area contributed by atoms with Gasteiger partial charge in [0.2, 0.25) is 5.91 Å². The van der Waals surface area contributed by atoms with Crippen LogP contribution in [0.25, 0.3) is 0 Å². The predicted molar refractivity (Wildman–Crippen MR) is 93.0 cm³/mol. The summed E-state index contributed by atoms with van der Waals surface area (Å²) in [5.41, 5.74) is 0.991. The predicted octanol–water partition coefficient (Wildman–Crippen LogP) is 3.46. The van der Waals surface area contributed by atoms with E-state index in [9.17, 15) is 9.18 Å². The fourth-order valence-corrected chi connectivity index (χ4v) is 4.59. The number of halogens is 1. The molecule has 3 rings (SSSR count). The van der Waals surface area contributed by atoms with Crippen LogP contribution >= 0.6 is 23.5 Å². The molecule has 1 amide bonds. The smallest absolute Gasteiger partial charge is 0.234 e. The molecule has 0 aliphatic carbocycles. The number of nitriles is 1. The zero-order valence-electron chi connectivity index (χ0n) is 12.7. The number of carbonyl (C=O) groups is 1. The van der Waals surface area contributed by atoms with Crippen molar-refractivity contribution in [1.82, 2.24) is 9.88 Å². The van der Waals surface area contributed by atoms with Crippen molar-refractivity contribution in [3.05, 3.63) is 59.5 Å². The standard InChI is InChI=1S/C17H14FN3OS2/c18-14-6-2-1-5-13(14)17-21(8-9-23-17)15(22)11-24-16-12(10-19)4-3-7-20-16/h1-7,17H,8-9,11H2/t17-/m0/s1. The first-order valence-electron chi connectivity index (χ1n) is 7.34. The van der Waals surface area contributed by atoms with Gasteiger partial charge in [-0.25, -0.2) is 9.37 Å². The number of aromatic nitrogens is 1. The molecule has 2 heterocycles. The van der Waals surface area contributed by atoms with Crippen LogP contribution in [0.15, 0.2) is 47.6 Å². The number of pyridine rings is 1. The molecule has 0 N–H and O–H groups in total. The third kappa shape index (κ3) is 3.55. The monoisotopic (exact) mass is 359 g/mol. The van der Waals surface area contributed by atoms with Crippen molar-refractivity contribution < 1.29 is 9.18 Å². The maximum atomic E-state index is 14.0. The Labute approximate surface area is 148 Å². The van der Waals surface area contributed by atoms with E-state index < -0.39 is 0 Å². The van der Waals surface area contributed by atoms with Crippen molar-refractivity contribution >= 4 is 29.4 Å². The molecule has 0 bridgehead atoms. The van der Waals surface area contributed by atoms with Gasteiger partial charge in [-0.1, -0.05) is 30.0 Å². The Morgan fingerprint density at radius 1 is 1.42 bits per heavy atom. The average molecular weight is 359 g/mol. The van der Waals surface area contributed by atoms with Gasteiger partial charge in [0.25, 0.3) is 0 Å². The van der Waals surface area contributed by atoms with Crippen molar-refractivity contribution in [1.29, 1.82) is 5.26 Å². The summed E-state index contributed by atoms with van der Waals surface area (Å²) in [5.74, 6) is 0.589. The Bertz CT molecular complexity index is 793. The van der Waals surface area contributed by atoms with E-state index in [-0.39, 0.29) is 22.9 Å². The molecule has 1 atom stereocenters. The molecule has 1 aromatic heterocycles. The fourth-order valence-electron chi connectivity index (χ4n) is 2.46. The molecule has 2 aromatic rings. The topological polar surface area (TPSA) is 57.0 Å². The molecule has 0 radical (unpaired) electrons. The first-order valence-corrected chi connectivity index (χ1v) is 9.37. The van der Waals surface area contributed by atoms with Crippen LogP contribution in [0, 0.1) is 17.1 Å². The molecule has 1 aromatic carbocycles. The van der Waals surface area contributed by atoms with Crippen LogP contribution in [0.4, 0.5) is 4.39 Å². The van der Waals surface area contributed by atoms with E-state index in [2.05, 4.69) is 11.1 Å². The van der Waals surface area contributed by atoms with Gasteiger partial charge in [-0.3, -0.25) is 4.79 Å². The van der Waals surface area contributed by atoms with Gasteiger partial charge in [0, 0.05) is 24.1 Å². The molecular formula is C17H14FN3OS2. The minimum atomic E-state index is -0.293. The summed E-state index contributed by atoms with van der Waals surface area (Å²) < 4.78 is 14.0. The fraction of sp³-hybridized carbons (Fsp3) is 0.235. The van der Waals surface area contributed by atoms with E-state index in [1.165, 1.54) is 17.8 Å². The molecule has 1 aliphatic heterocycles. The Kier molecular flexibility index (Phi) is 5.38. The van der Waals surface area contributed by atoms with Gasteiger partial charge in [-0.15, -0.1) is 11.8 Å². The summed E-state index contributed by atoms with van der Waals surface area (Å²) in [6.45, 7) is 0.594. The van der Waals surface area contributed by atoms with Gasteiger partial charge < -0.3 is 4.90 Å². The van der Waals surface area contributed by atoms with Crippen LogP contribution in [-0.2, 0) is 4.79 Å². The van der Waals surface area contributed by atoms with Crippen LogP contribution < -0.4 is 0 Å². The SMILES string of the molecule is N#Cc1cccnc1SCC(=O)N1CCS[C@H]1c1ccccc1F.